The average Bonchev–Trinajstić information content (AvgIpc) is 3.19. The molecule has 0 amide bonds. The minimum absolute atomic E-state index is 0.0167. The molecule has 0 saturated heterocycles. The van der Waals surface area contributed by atoms with Crippen molar-refractivity contribution in [3.05, 3.63) is 76.9 Å². The fourth-order valence-corrected chi connectivity index (χ4v) is 3.46. The summed E-state index contributed by atoms with van der Waals surface area (Å²) < 4.78 is 64.6. The number of H-pyrrole nitrogens is 1. The number of aromatic amines is 1. The van der Waals surface area contributed by atoms with Crippen molar-refractivity contribution in [3.8, 4) is 22.5 Å². The monoisotopic (exact) mass is 443 g/mol. The zero-order valence-corrected chi connectivity index (χ0v) is 16.8. The highest BCUT2D eigenvalue weighted by Crippen LogP contribution is 2.36. The van der Waals surface area contributed by atoms with Gasteiger partial charge >= 0.3 is 5.97 Å². The molecule has 1 heterocycles. The van der Waals surface area contributed by atoms with E-state index in [-0.39, 0.29) is 35.3 Å². The van der Waals surface area contributed by atoms with Gasteiger partial charge in [-0.1, -0.05) is 30.3 Å². The van der Waals surface area contributed by atoms with Gasteiger partial charge in [-0.05, 0) is 30.2 Å². The number of hydrogen-bond donors (Lipinski definition) is 2. The first-order valence-electron chi connectivity index (χ1n) is 9.62. The molecule has 0 aliphatic heterocycles. The van der Waals surface area contributed by atoms with Crippen molar-refractivity contribution in [1.29, 1.82) is 0 Å². The van der Waals surface area contributed by atoms with Gasteiger partial charge in [-0.2, -0.15) is 0 Å². The third kappa shape index (κ3) is 3.60. The molecular formula is C23H17F4N3O2. The van der Waals surface area contributed by atoms with Crippen molar-refractivity contribution in [2.24, 2.45) is 5.73 Å². The number of nitrogens with zero attached hydrogens (tertiary/aromatic N) is 1. The lowest BCUT2D eigenvalue weighted by Crippen LogP contribution is -2.14. The first kappa shape index (κ1) is 21.5. The van der Waals surface area contributed by atoms with Crippen LogP contribution in [-0.4, -0.2) is 29.1 Å². The molecule has 4 rings (SSSR count). The molecule has 4 aromatic rings. The molecule has 0 saturated carbocycles. The Morgan fingerprint density at radius 3 is 2.25 bits per heavy atom. The zero-order chi connectivity index (χ0) is 23.0. The normalized spacial score (nSPS) is 11.2. The van der Waals surface area contributed by atoms with Crippen molar-refractivity contribution >= 4 is 17.0 Å². The van der Waals surface area contributed by atoms with Gasteiger partial charge in [0.1, 0.15) is 17.9 Å². The van der Waals surface area contributed by atoms with Crippen molar-refractivity contribution in [3.63, 3.8) is 0 Å². The van der Waals surface area contributed by atoms with Crippen LogP contribution in [-0.2, 0) is 4.74 Å². The van der Waals surface area contributed by atoms with E-state index < -0.39 is 46.2 Å². The predicted octanol–water partition coefficient (Wildman–Crippen LogP) is 4.88. The third-order valence-corrected chi connectivity index (χ3v) is 4.86. The molecule has 1 aromatic heterocycles. The molecule has 0 radical (unpaired) electrons. The maximum Gasteiger partial charge on any atom is 0.340 e. The topological polar surface area (TPSA) is 81.0 Å². The first-order chi connectivity index (χ1) is 15.3. The Kier molecular flexibility index (Phi) is 5.67. The minimum atomic E-state index is -1.61. The summed E-state index contributed by atoms with van der Waals surface area (Å²) in [6, 6.07) is 10.3. The van der Waals surface area contributed by atoms with E-state index in [0.29, 0.717) is 5.56 Å². The number of hydrogen-bond acceptors (Lipinski definition) is 4. The molecule has 3 aromatic carbocycles. The molecule has 0 aliphatic rings. The molecule has 0 fully saturated rings. The van der Waals surface area contributed by atoms with Crippen LogP contribution in [0.25, 0.3) is 33.5 Å². The van der Waals surface area contributed by atoms with Crippen LogP contribution < -0.4 is 5.73 Å². The molecule has 0 unspecified atom stereocenters. The maximum atomic E-state index is 15.0. The van der Waals surface area contributed by atoms with Crippen molar-refractivity contribution in [1.82, 2.24) is 9.97 Å². The first-order valence-corrected chi connectivity index (χ1v) is 9.62. The van der Waals surface area contributed by atoms with Crippen LogP contribution in [0.15, 0.2) is 42.5 Å². The van der Waals surface area contributed by atoms with Gasteiger partial charge in [0.2, 0.25) is 0 Å². The van der Waals surface area contributed by atoms with E-state index in [2.05, 4.69) is 9.97 Å². The molecule has 0 aliphatic carbocycles. The quantitative estimate of drug-likeness (QED) is 0.262. The Balaban J connectivity index is 1.91. The molecule has 9 heteroatoms. The van der Waals surface area contributed by atoms with Gasteiger partial charge in [0, 0.05) is 6.54 Å². The molecule has 0 spiro atoms. The van der Waals surface area contributed by atoms with E-state index in [1.165, 1.54) is 30.3 Å². The van der Waals surface area contributed by atoms with Crippen LogP contribution in [0.3, 0.4) is 0 Å². The second kappa shape index (κ2) is 8.43. The highest BCUT2D eigenvalue weighted by Gasteiger charge is 2.29. The summed E-state index contributed by atoms with van der Waals surface area (Å²) in [6.07, 6.45) is 0. The summed E-state index contributed by atoms with van der Waals surface area (Å²) in [7, 11) is 0. The molecule has 0 atom stereocenters. The van der Waals surface area contributed by atoms with Gasteiger partial charge < -0.3 is 15.5 Å². The van der Waals surface area contributed by atoms with E-state index >= 15 is 0 Å². The summed E-state index contributed by atoms with van der Waals surface area (Å²) in [5.41, 5.74) is 4.44. The van der Waals surface area contributed by atoms with E-state index in [1.807, 2.05) is 0 Å². The van der Waals surface area contributed by atoms with Crippen molar-refractivity contribution < 1.29 is 27.1 Å². The van der Waals surface area contributed by atoms with Gasteiger partial charge in [0.25, 0.3) is 0 Å². The highest BCUT2D eigenvalue weighted by molar-refractivity contribution is 6.03. The Bertz CT molecular complexity index is 1310. The summed E-state index contributed by atoms with van der Waals surface area (Å²) in [4.78, 5) is 19.1. The number of fused-ring (bicyclic) bond motifs is 1. The Morgan fingerprint density at radius 1 is 1.00 bits per heavy atom. The number of rotatable bonds is 5. The number of nitrogens with two attached hydrogens (primary N) is 1. The molecule has 164 valence electrons. The van der Waals surface area contributed by atoms with Gasteiger partial charge in [-0.3, -0.25) is 0 Å². The maximum absolute atomic E-state index is 15.0. The number of imidazole rings is 1. The van der Waals surface area contributed by atoms with Gasteiger partial charge in [0.15, 0.2) is 23.3 Å². The van der Waals surface area contributed by atoms with Crippen molar-refractivity contribution in [2.45, 2.75) is 6.92 Å². The van der Waals surface area contributed by atoms with Gasteiger partial charge in [0.05, 0.1) is 22.2 Å². The van der Waals surface area contributed by atoms with E-state index in [0.717, 1.165) is 0 Å². The summed E-state index contributed by atoms with van der Waals surface area (Å²) in [6.45, 7) is 1.76. The molecule has 0 bridgehead atoms. The number of benzene rings is 3. The smallest absolute Gasteiger partial charge is 0.340 e. The van der Waals surface area contributed by atoms with E-state index in [9.17, 15) is 22.4 Å². The van der Waals surface area contributed by atoms with Crippen LogP contribution in [0.4, 0.5) is 17.6 Å². The fraction of sp³-hybridized carbons (Fsp3) is 0.130. The van der Waals surface area contributed by atoms with Crippen LogP contribution >= 0.6 is 0 Å². The number of carbonyl (C=O) groups is 1. The zero-order valence-electron chi connectivity index (χ0n) is 16.8. The summed E-state index contributed by atoms with van der Waals surface area (Å²) in [5.74, 6) is -7.52. The molecule has 32 heavy (non-hydrogen) atoms. The Morgan fingerprint density at radius 2 is 1.62 bits per heavy atom. The average molecular weight is 443 g/mol. The van der Waals surface area contributed by atoms with Crippen LogP contribution in [0.1, 0.15) is 15.9 Å². The second-order valence-electron chi connectivity index (χ2n) is 7.09. The number of esters is 1. The van der Waals surface area contributed by atoms with E-state index in [1.54, 1.807) is 19.1 Å². The van der Waals surface area contributed by atoms with Gasteiger partial charge in [-0.25, -0.2) is 27.3 Å². The summed E-state index contributed by atoms with van der Waals surface area (Å²) in [5, 5.41) is 0. The molecule has 5 nitrogen and oxygen atoms in total. The fourth-order valence-electron chi connectivity index (χ4n) is 3.46. The highest BCUT2D eigenvalue weighted by atomic mass is 19.2. The standard InChI is InChI=1S/C23H17F4N3O2/c1-11-9-13(23(31)32-8-7-28)21-14(10-11)29-22(30-21)16-19(26)17(24)15(18(25)20(16)27)12-5-3-2-4-6-12/h2-6,9-10H,7-8,28H2,1H3,(H,29,30). The number of halogens is 4. The lowest BCUT2D eigenvalue weighted by atomic mass is 10.0. The van der Waals surface area contributed by atoms with Crippen LogP contribution in [0, 0.1) is 30.2 Å². The molecule has 3 N–H and O–H groups in total. The molecular weight excluding hydrogens is 426 g/mol. The second-order valence-corrected chi connectivity index (χ2v) is 7.09. The van der Waals surface area contributed by atoms with Gasteiger partial charge in [-0.15, -0.1) is 0 Å². The number of aromatic nitrogens is 2. The number of aryl methyl sites for hydroxylation is 1. The minimum Gasteiger partial charge on any atom is -0.461 e. The van der Waals surface area contributed by atoms with Crippen LogP contribution in [0.2, 0.25) is 0 Å². The van der Waals surface area contributed by atoms with Crippen molar-refractivity contribution in [2.75, 3.05) is 13.2 Å². The Labute approximate surface area is 179 Å². The largest absolute Gasteiger partial charge is 0.461 e. The third-order valence-electron chi connectivity index (χ3n) is 4.86. The summed E-state index contributed by atoms with van der Waals surface area (Å²) >= 11 is 0. The number of carbonyl (C=O) groups excluding carboxylic acids is 1. The lowest BCUT2D eigenvalue weighted by Gasteiger charge is -2.11. The number of ether oxygens (including phenoxy) is 1. The lowest BCUT2D eigenvalue weighted by molar-refractivity contribution is 0.0519. The van der Waals surface area contributed by atoms with Crippen LogP contribution in [0.5, 0.6) is 0 Å². The number of nitrogens with one attached hydrogen (secondary N) is 1. The Hall–Kier alpha value is -3.72. The SMILES string of the molecule is Cc1cc(C(=O)OCCN)c2nc(-c3c(F)c(F)c(-c4ccccc4)c(F)c3F)[nH]c2c1. The predicted molar refractivity (Wildman–Crippen MR) is 111 cm³/mol. The van der Waals surface area contributed by atoms with E-state index in [4.69, 9.17) is 10.5 Å².